The molecule has 0 bridgehead atoms. The molecular formula is C22H36N4O3. The van der Waals surface area contributed by atoms with Crippen molar-refractivity contribution in [2.45, 2.75) is 44.1 Å². The van der Waals surface area contributed by atoms with Gasteiger partial charge in [-0.25, -0.2) is 0 Å². The maximum absolute atomic E-state index is 10.1. The topological polar surface area (TPSA) is 78.4 Å². The molecule has 3 N–H and O–H groups in total. The Morgan fingerprint density at radius 1 is 1.21 bits per heavy atom. The molecule has 0 atom stereocenters. The lowest BCUT2D eigenvalue weighted by Gasteiger charge is -2.48. The maximum Gasteiger partial charge on any atom is 0.191 e. The van der Waals surface area contributed by atoms with E-state index < -0.39 is 0 Å². The first-order valence-electron chi connectivity index (χ1n) is 10.8. The molecule has 1 saturated carbocycles. The van der Waals surface area contributed by atoms with E-state index >= 15 is 0 Å². The van der Waals surface area contributed by atoms with Crippen molar-refractivity contribution >= 4 is 5.96 Å². The molecule has 1 aliphatic carbocycles. The first kappa shape index (κ1) is 21.7. The molecule has 2 fully saturated rings. The second kappa shape index (κ2) is 10.7. The average Bonchev–Trinajstić information content (AvgIpc) is 2.78. The molecule has 1 aliphatic heterocycles. The SMILES string of the molecule is CN=C(NCCc1ccc(OC)cc1O)NCC1(N2CCOCC2)CCCCC1. The van der Waals surface area contributed by atoms with Gasteiger partial charge in [-0.3, -0.25) is 9.89 Å². The van der Waals surface area contributed by atoms with Gasteiger partial charge in [0, 0.05) is 44.8 Å². The van der Waals surface area contributed by atoms with E-state index in [1.54, 1.807) is 13.2 Å². The number of ether oxygens (including phenoxy) is 2. The third-order valence-electron chi connectivity index (χ3n) is 6.25. The number of methoxy groups -OCH3 is 1. The molecule has 0 radical (unpaired) electrons. The minimum atomic E-state index is 0.202. The van der Waals surface area contributed by atoms with Gasteiger partial charge in [-0.1, -0.05) is 25.3 Å². The summed E-state index contributed by atoms with van der Waals surface area (Å²) in [5, 5.41) is 17.1. The Morgan fingerprint density at radius 2 is 1.97 bits per heavy atom. The number of aromatic hydroxyl groups is 1. The van der Waals surface area contributed by atoms with E-state index in [2.05, 4.69) is 20.5 Å². The van der Waals surface area contributed by atoms with Crippen molar-refractivity contribution in [1.29, 1.82) is 0 Å². The lowest BCUT2D eigenvalue weighted by atomic mass is 9.80. The Labute approximate surface area is 174 Å². The number of hydrogen-bond acceptors (Lipinski definition) is 5. The van der Waals surface area contributed by atoms with E-state index in [-0.39, 0.29) is 11.3 Å². The summed E-state index contributed by atoms with van der Waals surface area (Å²) in [6.45, 7) is 5.31. The van der Waals surface area contributed by atoms with Crippen LogP contribution in [0.25, 0.3) is 0 Å². The maximum atomic E-state index is 10.1. The number of nitrogens with zero attached hydrogens (tertiary/aromatic N) is 2. The Kier molecular flexibility index (Phi) is 8.00. The van der Waals surface area contributed by atoms with Crippen molar-refractivity contribution in [2.75, 3.05) is 53.6 Å². The predicted octanol–water partition coefficient (Wildman–Crippen LogP) is 2.14. The molecule has 162 valence electrons. The summed E-state index contributed by atoms with van der Waals surface area (Å²) in [4.78, 5) is 7.03. The normalized spacial score (nSPS) is 20.3. The van der Waals surface area contributed by atoms with Crippen LogP contribution in [0.2, 0.25) is 0 Å². The summed E-state index contributed by atoms with van der Waals surface area (Å²) in [5.74, 6) is 1.75. The molecule has 2 aliphatic rings. The van der Waals surface area contributed by atoms with Crippen LogP contribution in [0.5, 0.6) is 11.5 Å². The highest BCUT2D eigenvalue weighted by Gasteiger charge is 2.38. The zero-order valence-corrected chi connectivity index (χ0v) is 17.9. The number of morpholine rings is 1. The van der Waals surface area contributed by atoms with Crippen LogP contribution in [0.4, 0.5) is 0 Å². The number of nitrogens with one attached hydrogen (secondary N) is 2. The molecule has 3 rings (SSSR count). The zero-order valence-electron chi connectivity index (χ0n) is 17.9. The fourth-order valence-corrected chi connectivity index (χ4v) is 4.52. The number of aliphatic imine (C=N–C) groups is 1. The highest BCUT2D eigenvalue weighted by molar-refractivity contribution is 5.79. The second-order valence-electron chi connectivity index (χ2n) is 7.98. The van der Waals surface area contributed by atoms with E-state index in [4.69, 9.17) is 9.47 Å². The van der Waals surface area contributed by atoms with E-state index in [0.29, 0.717) is 18.7 Å². The lowest BCUT2D eigenvalue weighted by molar-refractivity contribution is -0.0352. The summed E-state index contributed by atoms with van der Waals surface area (Å²) in [5.41, 5.74) is 1.10. The van der Waals surface area contributed by atoms with Crippen LogP contribution in [0.15, 0.2) is 23.2 Å². The van der Waals surface area contributed by atoms with Gasteiger partial charge >= 0.3 is 0 Å². The minimum absolute atomic E-state index is 0.202. The van der Waals surface area contributed by atoms with Gasteiger partial charge in [-0.15, -0.1) is 0 Å². The van der Waals surface area contributed by atoms with Crippen LogP contribution in [0.1, 0.15) is 37.7 Å². The van der Waals surface area contributed by atoms with Crippen LogP contribution in [0, 0.1) is 0 Å². The summed E-state index contributed by atoms with van der Waals surface area (Å²) in [6, 6.07) is 5.43. The summed E-state index contributed by atoms with van der Waals surface area (Å²) in [7, 11) is 3.41. The quantitative estimate of drug-likeness (QED) is 0.477. The van der Waals surface area contributed by atoms with Crippen LogP contribution in [-0.4, -0.2) is 75.1 Å². The van der Waals surface area contributed by atoms with E-state index in [1.807, 2.05) is 19.2 Å². The van der Waals surface area contributed by atoms with Gasteiger partial charge < -0.3 is 25.2 Å². The lowest BCUT2D eigenvalue weighted by Crippen LogP contribution is -2.60. The van der Waals surface area contributed by atoms with Gasteiger partial charge in [-0.05, 0) is 30.9 Å². The minimum Gasteiger partial charge on any atom is -0.508 e. The fraction of sp³-hybridized carbons (Fsp3) is 0.682. The standard InChI is InChI=1S/C22H36N4O3/c1-23-21(24-11-8-18-6-7-19(28-2)16-20(18)27)25-17-22(9-4-3-5-10-22)26-12-14-29-15-13-26/h6-7,16,27H,3-5,8-15,17H2,1-2H3,(H2,23,24,25). The van der Waals surface area contributed by atoms with Crippen molar-refractivity contribution in [1.82, 2.24) is 15.5 Å². The molecule has 1 aromatic rings. The Hall–Kier alpha value is -1.99. The smallest absolute Gasteiger partial charge is 0.191 e. The summed E-state index contributed by atoms with van der Waals surface area (Å²) < 4.78 is 10.7. The van der Waals surface area contributed by atoms with Gasteiger partial charge in [-0.2, -0.15) is 0 Å². The largest absolute Gasteiger partial charge is 0.508 e. The average molecular weight is 405 g/mol. The summed E-state index contributed by atoms with van der Waals surface area (Å²) in [6.07, 6.45) is 7.10. The van der Waals surface area contributed by atoms with E-state index in [9.17, 15) is 5.11 Å². The van der Waals surface area contributed by atoms with Crippen molar-refractivity contribution in [3.05, 3.63) is 23.8 Å². The van der Waals surface area contributed by atoms with Crippen molar-refractivity contribution in [2.24, 2.45) is 4.99 Å². The number of phenols is 1. The third-order valence-corrected chi connectivity index (χ3v) is 6.25. The third kappa shape index (κ3) is 5.76. The summed E-state index contributed by atoms with van der Waals surface area (Å²) >= 11 is 0. The number of hydrogen-bond donors (Lipinski definition) is 3. The molecule has 0 aromatic heterocycles. The molecule has 7 heteroatoms. The monoisotopic (exact) mass is 404 g/mol. The first-order valence-corrected chi connectivity index (χ1v) is 10.8. The van der Waals surface area contributed by atoms with Crippen LogP contribution < -0.4 is 15.4 Å². The number of rotatable bonds is 7. The van der Waals surface area contributed by atoms with Gasteiger partial charge in [0.15, 0.2) is 5.96 Å². The van der Waals surface area contributed by atoms with Crippen LogP contribution in [-0.2, 0) is 11.2 Å². The Balaban J connectivity index is 1.52. The first-order chi connectivity index (χ1) is 14.2. The van der Waals surface area contributed by atoms with E-state index in [0.717, 1.165) is 44.4 Å². The number of guanidine groups is 1. The molecule has 1 saturated heterocycles. The highest BCUT2D eigenvalue weighted by atomic mass is 16.5. The van der Waals surface area contributed by atoms with Crippen LogP contribution >= 0.6 is 0 Å². The Morgan fingerprint density at radius 3 is 2.62 bits per heavy atom. The van der Waals surface area contributed by atoms with Gasteiger partial charge in [0.2, 0.25) is 0 Å². The highest BCUT2D eigenvalue weighted by Crippen LogP contribution is 2.33. The molecule has 0 amide bonds. The van der Waals surface area contributed by atoms with Crippen molar-refractivity contribution in [3.8, 4) is 11.5 Å². The fourth-order valence-electron chi connectivity index (χ4n) is 4.52. The van der Waals surface area contributed by atoms with Gasteiger partial charge in [0.25, 0.3) is 0 Å². The molecule has 0 unspecified atom stereocenters. The van der Waals surface area contributed by atoms with E-state index in [1.165, 1.54) is 32.1 Å². The molecule has 1 aromatic carbocycles. The molecule has 7 nitrogen and oxygen atoms in total. The molecule has 29 heavy (non-hydrogen) atoms. The second-order valence-corrected chi connectivity index (χ2v) is 7.98. The van der Waals surface area contributed by atoms with Crippen LogP contribution in [0.3, 0.4) is 0 Å². The number of benzene rings is 1. The van der Waals surface area contributed by atoms with Crippen molar-refractivity contribution in [3.63, 3.8) is 0 Å². The van der Waals surface area contributed by atoms with Crippen molar-refractivity contribution < 1.29 is 14.6 Å². The van der Waals surface area contributed by atoms with Gasteiger partial charge in [0.05, 0.1) is 20.3 Å². The molecular weight excluding hydrogens is 368 g/mol. The molecule has 1 heterocycles. The zero-order chi connectivity index (χ0) is 20.5. The predicted molar refractivity (Wildman–Crippen MR) is 116 cm³/mol. The Bertz CT molecular complexity index is 668. The number of phenolic OH excluding ortho intramolecular Hbond substituents is 1. The van der Waals surface area contributed by atoms with Gasteiger partial charge in [0.1, 0.15) is 11.5 Å². The molecule has 0 spiro atoms.